The number of amides is 1. The molecule has 1 rings (SSSR count). The number of nitrogens with two attached hydrogens (primary N) is 1. The zero-order valence-electron chi connectivity index (χ0n) is 9.19. The molecule has 3 N–H and O–H groups in total. The molecule has 5 heteroatoms. The minimum atomic E-state index is -0.277. The lowest BCUT2D eigenvalue weighted by Crippen LogP contribution is -2.27. The van der Waals surface area contributed by atoms with E-state index in [2.05, 4.69) is 5.32 Å². The number of nitrogens with zero attached hydrogens (tertiary/aromatic N) is 1. The fourth-order valence-electron chi connectivity index (χ4n) is 1.36. The van der Waals surface area contributed by atoms with Crippen molar-refractivity contribution in [2.24, 2.45) is 5.73 Å². The van der Waals surface area contributed by atoms with Gasteiger partial charge < -0.3 is 15.6 Å². The molecule has 0 aromatic carbocycles. The molecule has 0 aliphatic heterocycles. The molecule has 16 heavy (non-hydrogen) atoms. The third kappa shape index (κ3) is 4.75. The number of hydrogen-bond acceptors (Lipinski definition) is 3. The molecule has 0 radical (unpaired) electrons. The van der Waals surface area contributed by atoms with E-state index in [4.69, 9.17) is 5.73 Å². The van der Waals surface area contributed by atoms with Crippen LogP contribution in [-0.2, 0) is 11.3 Å². The van der Waals surface area contributed by atoms with E-state index in [0.717, 1.165) is 13.0 Å². The van der Waals surface area contributed by atoms with Gasteiger partial charge in [-0.25, -0.2) is 0 Å². The molecule has 0 atom stereocenters. The molecule has 1 aromatic heterocycles. The first kappa shape index (κ1) is 12.4. The number of nitrogens with one attached hydrogen (secondary N) is 1. The lowest BCUT2D eigenvalue weighted by molar-refractivity contribution is -0.118. The average molecular weight is 223 g/mol. The lowest BCUT2D eigenvalue weighted by atomic mass is 10.3. The van der Waals surface area contributed by atoms with Crippen LogP contribution in [0.4, 0.5) is 0 Å². The van der Waals surface area contributed by atoms with Crippen LogP contribution in [0.25, 0.3) is 0 Å². The van der Waals surface area contributed by atoms with Crippen molar-refractivity contribution in [3.63, 3.8) is 0 Å². The second kappa shape index (κ2) is 6.79. The number of carbonyl (C=O) groups is 1. The molecule has 0 unspecified atom stereocenters. The molecule has 0 saturated carbocycles. The van der Waals surface area contributed by atoms with E-state index in [1.54, 1.807) is 16.8 Å². The molecule has 5 nitrogen and oxygen atoms in total. The van der Waals surface area contributed by atoms with Gasteiger partial charge in [0.05, 0.1) is 0 Å². The van der Waals surface area contributed by atoms with E-state index in [1.807, 2.05) is 6.07 Å². The predicted octanol–water partition coefficient (Wildman–Crippen LogP) is -0.297. The van der Waals surface area contributed by atoms with Gasteiger partial charge in [-0.3, -0.25) is 9.59 Å². The van der Waals surface area contributed by atoms with Crippen molar-refractivity contribution in [1.29, 1.82) is 0 Å². The van der Waals surface area contributed by atoms with E-state index in [-0.39, 0.29) is 11.5 Å². The Labute approximate surface area is 94.3 Å². The van der Waals surface area contributed by atoms with Crippen LogP contribution < -0.4 is 16.6 Å². The fourth-order valence-corrected chi connectivity index (χ4v) is 1.36. The first-order valence-electron chi connectivity index (χ1n) is 5.34. The maximum Gasteiger partial charge on any atom is 0.250 e. The summed E-state index contributed by atoms with van der Waals surface area (Å²) in [5, 5.41) is 3.15. The number of primary amides is 1. The summed E-state index contributed by atoms with van der Waals surface area (Å²) < 4.78 is 1.64. The number of carbonyl (C=O) groups excluding carboxylic acids is 1. The molecule has 1 heterocycles. The SMILES string of the molecule is NC(=O)CCCNCCn1ccccc1=O. The van der Waals surface area contributed by atoms with Gasteiger partial charge in [-0.2, -0.15) is 0 Å². The van der Waals surface area contributed by atoms with Crippen molar-refractivity contribution < 1.29 is 4.79 Å². The fraction of sp³-hybridized carbons (Fsp3) is 0.455. The largest absolute Gasteiger partial charge is 0.370 e. The standard InChI is InChI=1S/C11H17N3O2/c12-10(15)4-3-6-13-7-9-14-8-2-1-5-11(14)16/h1-2,5,8,13H,3-4,6-7,9H2,(H2,12,15). The molecule has 88 valence electrons. The molecule has 0 aliphatic rings. The second-order valence-electron chi connectivity index (χ2n) is 3.55. The number of aromatic nitrogens is 1. The Balaban J connectivity index is 2.14. The third-order valence-corrected chi connectivity index (χ3v) is 2.21. The number of pyridine rings is 1. The monoisotopic (exact) mass is 223 g/mol. The van der Waals surface area contributed by atoms with E-state index in [0.29, 0.717) is 19.5 Å². The van der Waals surface area contributed by atoms with Crippen LogP contribution in [0.1, 0.15) is 12.8 Å². The third-order valence-electron chi connectivity index (χ3n) is 2.21. The van der Waals surface area contributed by atoms with Crippen molar-refractivity contribution in [2.45, 2.75) is 19.4 Å². The number of rotatable bonds is 7. The maximum atomic E-state index is 11.3. The summed E-state index contributed by atoms with van der Waals surface area (Å²) in [4.78, 5) is 21.7. The van der Waals surface area contributed by atoms with Crippen LogP contribution in [0.3, 0.4) is 0 Å². The van der Waals surface area contributed by atoms with Gasteiger partial charge in [-0.15, -0.1) is 0 Å². The minimum Gasteiger partial charge on any atom is -0.370 e. The van der Waals surface area contributed by atoms with E-state index in [1.165, 1.54) is 6.07 Å². The molecular formula is C11H17N3O2. The molecular weight excluding hydrogens is 206 g/mol. The summed E-state index contributed by atoms with van der Waals surface area (Å²) in [5.74, 6) is -0.277. The van der Waals surface area contributed by atoms with Gasteiger partial charge in [0.2, 0.25) is 5.91 Å². The summed E-state index contributed by atoms with van der Waals surface area (Å²) >= 11 is 0. The second-order valence-corrected chi connectivity index (χ2v) is 3.55. The smallest absolute Gasteiger partial charge is 0.250 e. The lowest BCUT2D eigenvalue weighted by Gasteiger charge is -2.06. The van der Waals surface area contributed by atoms with Crippen LogP contribution in [0.15, 0.2) is 29.2 Å². The van der Waals surface area contributed by atoms with Crippen LogP contribution in [0, 0.1) is 0 Å². The van der Waals surface area contributed by atoms with Crippen molar-refractivity contribution >= 4 is 5.91 Å². The van der Waals surface area contributed by atoms with Gasteiger partial charge in [-0.1, -0.05) is 6.07 Å². The van der Waals surface area contributed by atoms with Crippen LogP contribution in [0.5, 0.6) is 0 Å². The maximum absolute atomic E-state index is 11.3. The first-order chi connectivity index (χ1) is 7.70. The van der Waals surface area contributed by atoms with Gasteiger partial charge in [0.1, 0.15) is 0 Å². The summed E-state index contributed by atoms with van der Waals surface area (Å²) in [6.45, 7) is 2.09. The Kier molecular flexibility index (Phi) is 5.28. The topological polar surface area (TPSA) is 77.1 Å². The minimum absolute atomic E-state index is 0.00133. The van der Waals surface area contributed by atoms with Crippen LogP contribution in [-0.4, -0.2) is 23.6 Å². The quantitative estimate of drug-likeness (QED) is 0.623. The summed E-state index contributed by atoms with van der Waals surface area (Å²) in [5.41, 5.74) is 5.01. The summed E-state index contributed by atoms with van der Waals surface area (Å²) in [6, 6.07) is 5.08. The molecule has 1 amide bonds. The Morgan fingerprint density at radius 2 is 2.19 bits per heavy atom. The Bertz CT molecular complexity index is 387. The molecule has 0 fully saturated rings. The van der Waals surface area contributed by atoms with E-state index in [9.17, 15) is 9.59 Å². The summed E-state index contributed by atoms with van der Waals surface area (Å²) in [6.07, 6.45) is 2.89. The molecule has 0 bridgehead atoms. The Hall–Kier alpha value is -1.62. The van der Waals surface area contributed by atoms with Crippen molar-refractivity contribution in [3.8, 4) is 0 Å². The summed E-state index contributed by atoms with van der Waals surface area (Å²) in [7, 11) is 0. The normalized spacial score (nSPS) is 10.2. The van der Waals surface area contributed by atoms with Crippen molar-refractivity contribution in [2.75, 3.05) is 13.1 Å². The molecule has 0 aliphatic carbocycles. The highest BCUT2D eigenvalue weighted by atomic mass is 16.1. The average Bonchev–Trinajstić information content (AvgIpc) is 2.25. The van der Waals surface area contributed by atoms with Crippen LogP contribution in [0.2, 0.25) is 0 Å². The van der Waals surface area contributed by atoms with Gasteiger partial charge in [0.25, 0.3) is 5.56 Å². The highest BCUT2D eigenvalue weighted by Gasteiger charge is 1.95. The van der Waals surface area contributed by atoms with Gasteiger partial charge >= 0.3 is 0 Å². The van der Waals surface area contributed by atoms with Gasteiger partial charge in [0.15, 0.2) is 0 Å². The highest BCUT2D eigenvalue weighted by Crippen LogP contribution is 1.85. The predicted molar refractivity (Wildman–Crippen MR) is 62.0 cm³/mol. The zero-order valence-corrected chi connectivity index (χ0v) is 9.19. The Morgan fingerprint density at radius 1 is 1.38 bits per heavy atom. The van der Waals surface area contributed by atoms with E-state index >= 15 is 0 Å². The zero-order chi connectivity index (χ0) is 11.8. The van der Waals surface area contributed by atoms with Crippen molar-refractivity contribution in [1.82, 2.24) is 9.88 Å². The molecule has 0 saturated heterocycles. The molecule has 1 aromatic rings. The van der Waals surface area contributed by atoms with Crippen LogP contribution >= 0.6 is 0 Å². The van der Waals surface area contributed by atoms with E-state index < -0.39 is 0 Å². The van der Waals surface area contributed by atoms with Gasteiger partial charge in [-0.05, 0) is 19.0 Å². The van der Waals surface area contributed by atoms with Crippen molar-refractivity contribution in [3.05, 3.63) is 34.7 Å². The first-order valence-corrected chi connectivity index (χ1v) is 5.34. The Morgan fingerprint density at radius 3 is 2.88 bits per heavy atom. The van der Waals surface area contributed by atoms with Gasteiger partial charge in [0, 0.05) is 31.8 Å². The number of hydrogen-bond donors (Lipinski definition) is 2. The highest BCUT2D eigenvalue weighted by molar-refractivity contribution is 5.73. The molecule has 0 spiro atoms.